The molecule has 1 aromatic carbocycles. The highest BCUT2D eigenvalue weighted by Gasteiger charge is 2.36. The maximum absolute atomic E-state index is 12.6. The van der Waals surface area contributed by atoms with E-state index in [1.165, 1.54) is 34.5 Å². The molecule has 3 rings (SSSR count). The van der Waals surface area contributed by atoms with Gasteiger partial charge in [0.15, 0.2) is 23.0 Å². The number of carboxylic acid groups (broad SMARTS) is 1. The lowest BCUT2D eigenvalue weighted by Crippen LogP contribution is -2.27. The summed E-state index contributed by atoms with van der Waals surface area (Å²) in [6.07, 6.45) is 2.92. The van der Waals surface area contributed by atoms with Gasteiger partial charge in [0.2, 0.25) is 5.43 Å². The fourth-order valence-corrected chi connectivity index (χ4v) is 3.80. The predicted molar refractivity (Wildman–Crippen MR) is 105 cm³/mol. The van der Waals surface area contributed by atoms with Gasteiger partial charge in [-0.05, 0) is 41.3 Å². The van der Waals surface area contributed by atoms with Gasteiger partial charge in [0.25, 0.3) is 0 Å². The van der Waals surface area contributed by atoms with Crippen LogP contribution in [-0.4, -0.2) is 39.6 Å². The third-order valence-corrected chi connectivity index (χ3v) is 5.06. The zero-order chi connectivity index (χ0) is 21.1. The first kappa shape index (κ1) is 20.3. The monoisotopic (exact) mass is 401 g/mol. The summed E-state index contributed by atoms with van der Waals surface area (Å²) in [6.45, 7) is 0. The van der Waals surface area contributed by atoms with Crippen molar-refractivity contribution in [1.29, 1.82) is 0 Å². The van der Waals surface area contributed by atoms with Gasteiger partial charge in [-0.3, -0.25) is 4.79 Å². The van der Waals surface area contributed by atoms with Crippen molar-refractivity contribution in [3.05, 3.63) is 74.6 Å². The molecule has 2 unspecified atom stereocenters. The Labute approximate surface area is 168 Å². The number of allylic oxidation sites excluding steroid dienone is 2. The van der Waals surface area contributed by atoms with Crippen molar-refractivity contribution in [2.45, 2.75) is 18.4 Å². The van der Waals surface area contributed by atoms with Crippen molar-refractivity contribution < 1.29 is 28.8 Å². The van der Waals surface area contributed by atoms with E-state index in [1.54, 1.807) is 12.1 Å². The summed E-state index contributed by atoms with van der Waals surface area (Å²) in [6, 6.07) is 4.14. The Balaban J connectivity index is 2.33. The summed E-state index contributed by atoms with van der Waals surface area (Å²) >= 11 is 0. The maximum atomic E-state index is 12.6. The van der Waals surface area contributed by atoms with Gasteiger partial charge in [-0.2, -0.15) is 0 Å². The van der Waals surface area contributed by atoms with Crippen LogP contribution in [0, 0.1) is 0 Å². The normalized spacial score (nSPS) is 20.3. The highest BCUT2D eigenvalue weighted by atomic mass is 16.5. The van der Waals surface area contributed by atoms with Crippen molar-refractivity contribution >= 4 is 6.09 Å². The van der Waals surface area contributed by atoms with Crippen molar-refractivity contribution in [3.8, 4) is 5.75 Å². The van der Waals surface area contributed by atoms with E-state index in [-0.39, 0.29) is 11.2 Å². The molecule has 2 N–H and O–H groups in total. The van der Waals surface area contributed by atoms with E-state index < -0.39 is 18.1 Å². The fourth-order valence-electron chi connectivity index (χ4n) is 3.80. The second-order valence-electron chi connectivity index (χ2n) is 6.51. The molecule has 2 aliphatic carbocycles. The summed E-state index contributed by atoms with van der Waals surface area (Å²) < 4.78 is 21.8. The van der Waals surface area contributed by atoms with Crippen molar-refractivity contribution in [2.24, 2.45) is 0 Å². The van der Waals surface area contributed by atoms with Gasteiger partial charge in [-0.1, -0.05) is 12.1 Å². The molecule has 0 saturated heterocycles. The molecule has 0 bridgehead atoms. The lowest BCUT2D eigenvalue weighted by molar-refractivity contribution is 0.173. The Morgan fingerprint density at radius 2 is 1.83 bits per heavy atom. The number of hydrogen-bond acceptors (Lipinski definition) is 6. The molecule has 0 spiro atoms. The smallest absolute Gasteiger partial charge is 0.405 e. The molecule has 0 heterocycles. The first-order valence-corrected chi connectivity index (χ1v) is 8.95. The van der Waals surface area contributed by atoms with Crippen LogP contribution in [0.1, 0.15) is 29.5 Å². The molecule has 0 saturated carbocycles. The molecule has 1 aromatic rings. The largest absolute Gasteiger partial charge is 0.496 e. The highest BCUT2D eigenvalue weighted by Crippen LogP contribution is 2.45. The molecule has 0 fully saturated rings. The average molecular weight is 401 g/mol. The SMILES string of the molecule is COC1=CC2=CCC(NC(=O)O)c3cc(=O)c(OC)ccc3C2C(OC)=C1OC. The number of amides is 1. The molecular formula is C21H23NO7. The summed E-state index contributed by atoms with van der Waals surface area (Å²) in [5.41, 5.74) is 1.78. The van der Waals surface area contributed by atoms with Crippen LogP contribution in [0.5, 0.6) is 5.75 Å². The molecule has 0 radical (unpaired) electrons. The van der Waals surface area contributed by atoms with Crippen LogP contribution >= 0.6 is 0 Å². The Bertz CT molecular complexity index is 977. The average Bonchev–Trinajstić information content (AvgIpc) is 2.95. The Kier molecular flexibility index (Phi) is 5.81. The van der Waals surface area contributed by atoms with Crippen LogP contribution in [0.2, 0.25) is 0 Å². The van der Waals surface area contributed by atoms with Gasteiger partial charge in [-0.15, -0.1) is 0 Å². The number of nitrogens with one attached hydrogen (secondary N) is 1. The van der Waals surface area contributed by atoms with Crippen LogP contribution in [-0.2, 0) is 14.2 Å². The van der Waals surface area contributed by atoms with Crippen molar-refractivity contribution in [2.75, 3.05) is 28.4 Å². The fraction of sp³-hybridized carbons (Fsp3) is 0.333. The van der Waals surface area contributed by atoms with E-state index >= 15 is 0 Å². The number of carbonyl (C=O) groups is 1. The third-order valence-electron chi connectivity index (χ3n) is 5.06. The van der Waals surface area contributed by atoms with E-state index in [0.29, 0.717) is 34.8 Å². The first-order valence-electron chi connectivity index (χ1n) is 8.95. The van der Waals surface area contributed by atoms with Gasteiger partial charge in [0.1, 0.15) is 0 Å². The molecule has 8 nitrogen and oxygen atoms in total. The second-order valence-corrected chi connectivity index (χ2v) is 6.51. The van der Waals surface area contributed by atoms with Crippen molar-refractivity contribution in [1.82, 2.24) is 5.32 Å². The van der Waals surface area contributed by atoms with Crippen LogP contribution in [0.3, 0.4) is 0 Å². The molecule has 2 atom stereocenters. The van der Waals surface area contributed by atoms with Gasteiger partial charge in [0, 0.05) is 0 Å². The van der Waals surface area contributed by atoms with Gasteiger partial charge < -0.3 is 29.4 Å². The second kappa shape index (κ2) is 8.30. The highest BCUT2D eigenvalue weighted by molar-refractivity contribution is 5.66. The molecule has 29 heavy (non-hydrogen) atoms. The molecule has 8 heteroatoms. The van der Waals surface area contributed by atoms with Crippen LogP contribution in [0.15, 0.2) is 58.0 Å². The standard InChI is InChI=1S/C21H23NO7/c1-26-16-8-6-12-13(10-15(16)23)14(22-21(24)25)7-5-11-9-17(27-2)19(28-3)20(29-4)18(11)12/h5-6,8-10,14,18,22H,7H2,1-4H3,(H,24,25). The minimum Gasteiger partial charge on any atom is -0.496 e. The Morgan fingerprint density at radius 3 is 2.41 bits per heavy atom. The molecule has 154 valence electrons. The lowest BCUT2D eigenvalue weighted by Gasteiger charge is -2.28. The molecule has 2 aliphatic rings. The summed E-state index contributed by atoms with van der Waals surface area (Å²) in [5, 5.41) is 11.8. The predicted octanol–water partition coefficient (Wildman–Crippen LogP) is 2.83. The third kappa shape index (κ3) is 3.65. The topological polar surface area (TPSA) is 103 Å². The quantitative estimate of drug-likeness (QED) is 0.782. The van der Waals surface area contributed by atoms with Crippen LogP contribution in [0.25, 0.3) is 0 Å². The van der Waals surface area contributed by atoms with E-state index in [1.807, 2.05) is 12.2 Å². The molecule has 1 amide bonds. The van der Waals surface area contributed by atoms with Gasteiger partial charge >= 0.3 is 6.09 Å². The van der Waals surface area contributed by atoms with E-state index in [2.05, 4.69) is 5.32 Å². The molecule has 0 aromatic heterocycles. The minimum atomic E-state index is -1.18. The lowest BCUT2D eigenvalue weighted by atomic mass is 9.84. The summed E-state index contributed by atoms with van der Waals surface area (Å²) in [7, 11) is 6.00. The Morgan fingerprint density at radius 1 is 1.07 bits per heavy atom. The maximum Gasteiger partial charge on any atom is 0.405 e. The van der Waals surface area contributed by atoms with Gasteiger partial charge in [-0.25, -0.2) is 4.79 Å². The van der Waals surface area contributed by atoms with E-state index in [9.17, 15) is 14.7 Å². The van der Waals surface area contributed by atoms with Crippen LogP contribution < -0.4 is 15.5 Å². The summed E-state index contributed by atoms with van der Waals surface area (Å²) in [5.74, 6) is 1.21. The molecular weight excluding hydrogens is 378 g/mol. The Hall–Kier alpha value is -3.42. The number of methoxy groups -OCH3 is 4. The summed E-state index contributed by atoms with van der Waals surface area (Å²) in [4.78, 5) is 24.0. The zero-order valence-corrected chi connectivity index (χ0v) is 16.6. The molecule has 0 aliphatic heterocycles. The van der Waals surface area contributed by atoms with Gasteiger partial charge in [0.05, 0.1) is 40.4 Å². The number of fused-ring (bicyclic) bond motifs is 3. The number of hydrogen-bond donors (Lipinski definition) is 2. The first-order chi connectivity index (χ1) is 13.9. The number of rotatable bonds is 5. The van der Waals surface area contributed by atoms with Crippen molar-refractivity contribution in [3.63, 3.8) is 0 Å². The number of ether oxygens (including phenoxy) is 4. The van der Waals surface area contributed by atoms with E-state index in [0.717, 1.165) is 5.57 Å². The van der Waals surface area contributed by atoms with E-state index in [4.69, 9.17) is 18.9 Å². The minimum absolute atomic E-state index is 0.163. The zero-order valence-electron chi connectivity index (χ0n) is 16.6. The van der Waals surface area contributed by atoms with Crippen LogP contribution in [0.4, 0.5) is 4.79 Å².